The van der Waals surface area contributed by atoms with Gasteiger partial charge < -0.3 is 19.1 Å². The van der Waals surface area contributed by atoms with Crippen molar-refractivity contribution in [1.82, 2.24) is 4.90 Å². The first kappa shape index (κ1) is 22.5. The summed E-state index contributed by atoms with van der Waals surface area (Å²) in [5.41, 5.74) is 2.95. The van der Waals surface area contributed by atoms with E-state index in [1.165, 1.54) is 11.0 Å². The summed E-state index contributed by atoms with van der Waals surface area (Å²) in [7, 11) is 5.90. The topological polar surface area (TPSA) is 83.1 Å². The Morgan fingerprint density at radius 3 is 2.45 bits per heavy atom. The van der Waals surface area contributed by atoms with E-state index >= 15 is 0 Å². The first-order chi connectivity index (χ1) is 15.7. The number of rotatable bonds is 6. The van der Waals surface area contributed by atoms with E-state index in [4.69, 9.17) is 4.42 Å². The number of benzene rings is 2. The summed E-state index contributed by atoms with van der Waals surface area (Å²) in [5.74, 6) is 0.0932. The van der Waals surface area contributed by atoms with Crippen LogP contribution in [-0.2, 0) is 0 Å². The quantitative estimate of drug-likeness (QED) is 0.405. The molecular weight excluding hydrogens is 420 g/mol. The molecule has 1 fully saturated rings. The number of carbonyl (C=O) groups excluding carboxylic acids is 1. The van der Waals surface area contributed by atoms with Crippen LogP contribution in [0.25, 0.3) is 11.3 Å². The molecule has 2 heterocycles. The average molecular weight is 449 g/mol. The highest BCUT2D eigenvalue weighted by atomic mass is 16.6. The lowest BCUT2D eigenvalue weighted by molar-refractivity contribution is -0.384. The van der Waals surface area contributed by atoms with Crippen molar-refractivity contribution in [2.75, 3.05) is 44.0 Å². The van der Waals surface area contributed by atoms with E-state index in [-0.39, 0.29) is 17.4 Å². The van der Waals surface area contributed by atoms with Gasteiger partial charge in [0.1, 0.15) is 5.76 Å². The minimum absolute atomic E-state index is 0.0503. The van der Waals surface area contributed by atoms with Crippen molar-refractivity contribution in [3.05, 3.63) is 76.0 Å². The van der Waals surface area contributed by atoms with Crippen LogP contribution in [0.1, 0.15) is 22.5 Å². The molecule has 0 bridgehead atoms. The van der Waals surface area contributed by atoms with Gasteiger partial charge in [-0.1, -0.05) is 6.07 Å². The van der Waals surface area contributed by atoms with Crippen LogP contribution in [0.3, 0.4) is 0 Å². The zero-order chi connectivity index (χ0) is 23.7. The molecule has 0 aliphatic carbocycles. The predicted octanol–water partition coefficient (Wildman–Crippen LogP) is 4.58. The van der Waals surface area contributed by atoms with Gasteiger partial charge in [0.2, 0.25) is 0 Å². The Morgan fingerprint density at radius 1 is 1.09 bits per heavy atom. The lowest BCUT2D eigenvalue weighted by Gasteiger charge is -2.23. The lowest BCUT2D eigenvalue weighted by Crippen LogP contribution is -2.31. The summed E-state index contributed by atoms with van der Waals surface area (Å²) in [6.45, 7) is 3.79. The standard InChI is InChI=1S/C25H28N4O4/c1-17-5-10-21(22(15-17)29(31)32)23-11-12-24(33-23)25(30)27(4)18-6-8-19(9-7-18)28-14-13-20(16-28)26(2)3/h5-12,15,20H,13-14,16H2,1-4H3. The van der Waals surface area contributed by atoms with Crippen molar-refractivity contribution in [2.24, 2.45) is 0 Å². The van der Waals surface area contributed by atoms with Crippen LogP contribution in [0.5, 0.6) is 0 Å². The summed E-state index contributed by atoms with van der Waals surface area (Å²) in [6.07, 6.45) is 1.13. The van der Waals surface area contributed by atoms with Crippen LogP contribution >= 0.6 is 0 Å². The summed E-state index contributed by atoms with van der Waals surface area (Å²) >= 11 is 0. The highest BCUT2D eigenvalue weighted by molar-refractivity contribution is 6.04. The third kappa shape index (κ3) is 4.61. The minimum Gasteiger partial charge on any atom is -0.451 e. The van der Waals surface area contributed by atoms with Gasteiger partial charge in [0.15, 0.2) is 5.76 Å². The molecule has 2 aromatic carbocycles. The number of hydrogen-bond donors (Lipinski definition) is 0. The first-order valence-corrected chi connectivity index (χ1v) is 10.9. The fourth-order valence-electron chi connectivity index (χ4n) is 4.17. The van der Waals surface area contributed by atoms with Crippen LogP contribution in [0.15, 0.2) is 59.0 Å². The molecule has 172 valence electrons. The van der Waals surface area contributed by atoms with Crippen molar-refractivity contribution in [2.45, 2.75) is 19.4 Å². The van der Waals surface area contributed by atoms with Crippen molar-refractivity contribution >= 4 is 23.0 Å². The van der Waals surface area contributed by atoms with Gasteiger partial charge in [0.05, 0.1) is 10.5 Å². The van der Waals surface area contributed by atoms with E-state index in [1.807, 2.05) is 24.3 Å². The molecule has 0 spiro atoms. The van der Waals surface area contributed by atoms with E-state index in [0.29, 0.717) is 17.4 Å². The molecule has 1 unspecified atom stereocenters. The normalized spacial score (nSPS) is 15.8. The first-order valence-electron chi connectivity index (χ1n) is 10.9. The van der Waals surface area contributed by atoms with Gasteiger partial charge in [-0.3, -0.25) is 14.9 Å². The summed E-state index contributed by atoms with van der Waals surface area (Å²) in [5, 5.41) is 11.4. The molecule has 8 heteroatoms. The van der Waals surface area contributed by atoms with Crippen LogP contribution in [0.2, 0.25) is 0 Å². The maximum Gasteiger partial charge on any atom is 0.293 e. The second-order valence-electron chi connectivity index (χ2n) is 8.67. The molecule has 1 atom stereocenters. The zero-order valence-electron chi connectivity index (χ0n) is 19.3. The SMILES string of the molecule is Cc1ccc(-c2ccc(C(=O)N(C)c3ccc(N4CCC(N(C)C)C4)cc3)o2)c([N+](=O)[O-])c1. The monoisotopic (exact) mass is 448 g/mol. The van der Waals surface area contributed by atoms with E-state index in [1.54, 1.807) is 38.2 Å². The van der Waals surface area contributed by atoms with Gasteiger partial charge in [-0.15, -0.1) is 0 Å². The second-order valence-corrected chi connectivity index (χ2v) is 8.67. The number of nitro benzene ring substituents is 1. The lowest BCUT2D eigenvalue weighted by atomic mass is 10.1. The van der Waals surface area contributed by atoms with Gasteiger partial charge >= 0.3 is 0 Å². The molecule has 0 N–H and O–H groups in total. The van der Waals surface area contributed by atoms with Crippen LogP contribution in [-0.4, -0.2) is 56.0 Å². The summed E-state index contributed by atoms with van der Waals surface area (Å²) < 4.78 is 5.74. The Kier molecular flexibility index (Phi) is 6.20. The number of anilines is 2. The fourth-order valence-corrected chi connectivity index (χ4v) is 4.17. The smallest absolute Gasteiger partial charge is 0.293 e. The van der Waals surface area contributed by atoms with E-state index < -0.39 is 4.92 Å². The van der Waals surface area contributed by atoms with Gasteiger partial charge in [0.25, 0.3) is 11.6 Å². The van der Waals surface area contributed by atoms with Gasteiger partial charge in [-0.2, -0.15) is 0 Å². The second kappa shape index (κ2) is 9.07. The predicted molar refractivity (Wildman–Crippen MR) is 129 cm³/mol. The number of nitro groups is 1. The van der Waals surface area contributed by atoms with Gasteiger partial charge in [-0.25, -0.2) is 0 Å². The Balaban J connectivity index is 1.50. The highest BCUT2D eigenvalue weighted by Gasteiger charge is 2.25. The third-order valence-corrected chi connectivity index (χ3v) is 6.23. The molecule has 1 amide bonds. The van der Waals surface area contributed by atoms with Crippen molar-refractivity contribution < 1.29 is 14.1 Å². The molecule has 1 aliphatic heterocycles. The summed E-state index contributed by atoms with van der Waals surface area (Å²) in [6, 6.07) is 16.5. The van der Waals surface area contributed by atoms with E-state index in [2.05, 4.69) is 23.9 Å². The molecule has 1 saturated heterocycles. The molecule has 8 nitrogen and oxygen atoms in total. The molecule has 0 radical (unpaired) electrons. The molecule has 1 aliphatic rings. The Morgan fingerprint density at radius 2 is 1.82 bits per heavy atom. The number of carbonyl (C=O) groups is 1. The average Bonchev–Trinajstić information content (AvgIpc) is 3.48. The van der Waals surface area contributed by atoms with Crippen LogP contribution < -0.4 is 9.80 Å². The van der Waals surface area contributed by atoms with Gasteiger partial charge in [0, 0.05) is 43.6 Å². The molecule has 0 saturated carbocycles. The number of amides is 1. The largest absolute Gasteiger partial charge is 0.451 e. The molecular formula is C25H28N4O4. The molecule has 33 heavy (non-hydrogen) atoms. The molecule has 1 aromatic heterocycles. The van der Waals surface area contributed by atoms with Crippen molar-refractivity contribution in [3.8, 4) is 11.3 Å². The van der Waals surface area contributed by atoms with Crippen molar-refractivity contribution in [3.63, 3.8) is 0 Å². The Labute approximate surface area is 193 Å². The van der Waals surface area contributed by atoms with Gasteiger partial charge in [-0.05, 0) is 75.5 Å². The fraction of sp³-hybridized carbons (Fsp3) is 0.320. The maximum atomic E-state index is 13.0. The summed E-state index contributed by atoms with van der Waals surface area (Å²) in [4.78, 5) is 30.1. The third-order valence-electron chi connectivity index (χ3n) is 6.23. The minimum atomic E-state index is -0.443. The van der Waals surface area contributed by atoms with Crippen LogP contribution in [0.4, 0.5) is 17.1 Å². The maximum absolute atomic E-state index is 13.0. The number of aryl methyl sites for hydroxylation is 1. The van der Waals surface area contributed by atoms with Crippen molar-refractivity contribution in [1.29, 1.82) is 0 Å². The van der Waals surface area contributed by atoms with Crippen LogP contribution in [0, 0.1) is 17.0 Å². The molecule has 3 aromatic rings. The van der Waals surface area contributed by atoms with E-state index in [9.17, 15) is 14.9 Å². The highest BCUT2D eigenvalue weighted by Crippen LogP contribution is 2.33. The number of hydrogen-bond acceptors (Lipinski definition) is 6. The number of nitrogens with zero attached hydrogens (tertiary/aromatic N) is 4. The Bertz CT molecular complexity index is 1170. The zero-order valence-corrected chi connectivity index (χ0v) is 19.3. The van der Waals surface area contributed by atoms with E-state index in [0.717, 1.165) is 36.4 Å². The molecule has 4 rings (SSSR count). The number of furan rings is 1. The Hall–Kier alpha value is -3.65. The number of likely N-dealkylation sites (N-methyl/N-ethyl adjacent to an activating group) is 1.